The summed E-state index contributed by atoms with van der Waals surface area (Å²) in [5.74, 6) is 0. The maximum absolute atomic E-state index is 5.86. The molecule has 0 atom stereocenters. The molecular weight excluding hydrogens is 240 g/mol. The summed E-state index contributed by atoms with van der Waals surface area (Å²) >= 11 is 0. The van der Waals surface area contributed by atoms with Crippen LogP contribution in [0.2, 0.25) is 0 Å². The van der Waals surface area contributed by atoms with Crippen molar-refractivity contribution in [1.29, 1.82) is 0 Å². The van der Waals surface area contributed by atoms with Crippen LogP contribution in [-0.2, 0) is 0 Å². The van der Waals surface area contributed by atoms with E-state index in [9.17, 15) is 0 Å². The number of anilines is 1. The van der Waals surface area contributed by atoms with Crippen LogP contribution in [0.25, 0.3) is 11.1 Å². The molecule has 102 valence electrons. The van der Waals surface area contributed by atoms with Crippen molar-refractivity contribution in [1.82, 2.24) is 9.88 Å². The highest BCUT2D eigenvalue weighted by atomic mass is 16.4. The number of oxazole rings is 1. The van der Waals surface area contributed by atoms with Crippen LogP contribution in [0.15, 0.2) is 22.6 Å². The second-order valence-corrected chi connectivity index (χ2v) is 5.08. The Bertz CT molecular complexity index is 558. The van der Waals surface area contributed by atoms with Gasteiger partial charge in [-0.05, 0) is 24.6 Å². The first-order valence-corrected chi connectivity index (χ1v) is 6.81. The molecule has 1 fully saturated rings. The quantitative estimate of drug-likeness (QED) is 0.899. The standard InChI is InChI=1S/C14H20N4O/c1-11-2-3-12-13(10-11)19-14(16-12)18-8-6-17(5-4-15)7-9-18/h2-3,10H,4-9,15H2,1H3. The number of hydrogen-bond donors (Lipinski definition) is 1. The molecule has 1 saturated heterocycles. The molecule has 0 radical (unpaired) electrons. The van der Waals surface area contributed by atoms with Crippen LogP contribution >= 0.6 is 0 Å². The summed E-state index contributed by atoms with van der Waals surface area (Å²) in [4.78, 5) is 9.15. The van der Waals surface area contributed by atoms with Gasteiger partial charge in [0.15, 0.2) is 5.58 Å². The van der Waals surface area contributed by atoms with E-state index in [0.29, 0.717) is 0 Å². The molecule has 1 aliphatic rings. The van der Waals surface area contributed by atoms with Crippen LogP contribution in [0.5, 0.6) is 0 Å². The molecule has 0 amide bonds. The van der Waals surface area contributed by atoms with E-state index in [0.717, 1.165) is 56.4 Å². The van der Waals surface area contributed by atoms with E-state index in [4.69, 9.17) is 10.2 Å². The molecule has 0 aliphatic carbocycles. The zero-order valence-corrected chi connectivity index (χ0v) is 11.3. The monoisotopic (exact) mass is 260 g/mol. The lowest BCUT2D eigenvalue weighted by molar-refractivity contribution is 0.260. The fourth-order valence-corrected chi connectivity index (χ4v) is 2.50. The smallest absolute Gasteiger partial charge is 0.298 e. The van der Waals surface area contributed by atoms with E-state index in [2.05, 4.69) is 27.8 Å². The van der Waals surface area contributed by atoms with Crippen molar-refractivity contribution < 1.29 is 4.42 Å². The maximum Gasteiger partial charge on any atom is 0.298 e. The van der Waals surface area contributed by atoms with Crippen molar-refractivity contribution in [3.05, 3.63) is 23.8 Å². The van der Waals surface area contributed by atoms with Crippen LogP contribution < -0.4 is 10.6 Å². The fourth-order valence-electron chi connectivity index (χ4n) is 2.50. The summed E-state index contributed by atoms with van der Waals surface area (Å²) in [6, 6.07) is 6.86. The number of aromatic nitrogens is 1. The minimum atomic E-state index is 0.724. The first kappa shape index (κ1) is 12.4. The molecule has 1 aromatic heterocycles. The molecule has 0 spiro atoms. The number of hydrogen-bond acceptors (Lipinski definition) is 5. The van der Waals surface area contributed by atoms with Gasteiger partial charge in [-0.1, -0.05) is 6.07 Å². The summed E-state index contributed by atoms with van der Waals surface area (Å²) in [5, 5.41) is 0. The minimum Gasteiger partial charge on any atom is -0.423 e. The number of nitrogens with zero attached hydrogens (tertiary/aromatic N) is 3. The molecular formula is C14H20N4O. The molecule has 2 heterocycles. The first-order valence-electron chi connectivity index (χ1n) is 6.81. The number of piperazine rings is 1. The first-order chi connectivity index (χ1) is 9.26. The third kappa shape index (κ3) is 2.57. The van der Waals surface area contributed by atoms with E-state index < -0.39 is 0 Å². The fraction of sp³-hybridized carbons (Fsp3) is 0.500. The number of aryl methyl sites for hydroxylation is 1. The van der Waals surface area contributed by atoms with Crippen LogP contribution in [0.3, 0.4) is 0 Å². The average molecular weight is 260 g/mol. The zero-order valence-electron chi connectivity index (χ0n) is 11.3. The number of benzene rings is 1. The third-order valence-corrected chi connectivity index (χ3v) is 3.62. The highest BCUT2D eigenvalue weighted by Gasteiger charge is 2.20. The van der Waals surface area contributed by atoms with Gasteiger partial charge < -0.3 is 15.1 Å². The molecule has 0 bridgehead atoms. The van der Waals surface area contributed by atoms with E-state index in [1.54, 1.807) is 0 Å². The minimum absolute atomic E-state index is 0.724. The lowest BCUT2D eigenvalue weighted by Crippen LogP contribution is -2.47. The van der Waals surface area contributed by atoms with Gasteiger partial charge in [-0.3, -0.25) is 4.90 Å². The molecule has 3 rings (SSSR count). The lowest BCUT2D eigenvalue weighted by Gasteiger charge is -2.33. The van der Waals surface area contributed by atoms with Gasteiger partial charge in [-0.25, -0.2) is 0 Å². The largest absolute Gasteiger partial charge is 0.423 e. The molecule has 19 heavy (non-hydrogen) atoms. The Kier molecular flexibility index (Phi) is 3.40. The van der Waals surface area contributed by atoms with E-state index in [-0.39, 0.29) is 0 Å². The van der Waals surface area contributed by atoms with Gasteiger partial charge in [-0.2, -0.15) is 4.98 Å². The Balaban J connectivity index is 1.74. The van der Waals surface area contributed by atoms with Crippen LogP contribution in [0, 0.1) is 6.92 Å². The van der Waals surface area contributed by atoms with Crippen molar-refractivity contribution in [2.75, 3.05) is 44.2 Å². The van der Waals surface area contributed by atoms with Crippen LogP contribution in [-0.4, -0.2) is 49.2 Å². The van der Waals surface area contributed by atoms with Crippen LogP contribution in [0.4, 0.5) is 6.01 Å². The molecule has 5 nitrogen and oxygen atoms in total. The van der Waals surface area contributed by atoms with Crippen LogP contribution in [0.1, 0.15) is 5.56 Å². The Morgan fingerprint density at radius 3 is 2.79 bits per heavy atom. The topological polar surface area (TPSA) is 58.5 Å². The maximum atomic E-state index is 5.86. The van der Waals surface area contributed by atoms with E-state index in [1.807, 2.05) is 12.1 Å². The molecule has 1 aliphatic heterocycles. The number of rotatable bonds is 3. The Hall–Kier alpha value is -1.59. The second-order valence-electron chi connectivity index (χ2n) is 5.08. The molecule has 2 N–H and O–H groups in total. The molecule has 0 saturated carbocycles. The molecule has 2 aromatic rings. The van der Waals surface area contributed by atoms with Crippen molar-refractivity contribution in [3.8, 4) is 0 Å². The van der Waals surface area contributed by atoms with E-state index in [1.165, 1.54) is 5.56 Å². The molecule has 0 unspecified atom stereocenters. The summed E-state index contributed by atoms with van der Waals surface area (Å²) < 4.78 is 5.86. The highest BCUT2D eigenvalue weighted by Crippen LogP contribution is 2.23. The molecule has 1 aromatic carbocycles. The van der Waals surface area contributed by atoms with Crippen molar-refractivity contribution in [2.24, 2.45) is 5.73 Å². The average Bonchev–Trinajstić information content (AvgIpc) is 2.83. The van der Waals surface area contributed by atoms with Gasteiger partial charge in [0.2, 0.25) is 0 Å². The third-order valence-electron chi connectivity index (χ3n) is 3.62. The number of fused-ring (bicyclic) bond motifs is 1. The van der Waals surface area contributed by atoms with Gasteiger partial charge >= 0.3 is 0 Å². The Morgan fingerprint density at radius 2 is 2.05 bits per heavy atom. The van der Waals surface area contributed by atoms with Crippen molar-refractivity contribution in [3.63, 3.8) is 0 Å². The van der Waals surface area contributed by atoms with Gasteiger partial charge in [0.1, 0.15) is 5.52 Å². The summed E-state index contributed by atoms with van der Waals surface area (Å²) in [6.07, 6.45) is 0. The van der Waals surface area contributed by atoms with E-state index >= 15 is 0 Å². The Morgan fingerprint density at radius 1 is 1.26 bits per heavy atom. The van der Waals surface area contributed by atoms with Gasteiger partial charge in [0.25, 0.3) is 6.01 Å². The SMILES string of the molecule is Cc1ccc2nc(N3CCN(CCN)CC3)oc2c1. The summed E-state index contributed by atoms with van der Waals surface area (Å²) in [6.45, 7) is 7.71. The highest BCUT2D eigenvalue weighted by molar-refractivity contribution is 5.75. The summed E-state index contributed by atoms with van der Waals surface area (Å²) in [7, 11) is 0. The zero-order chi connectivity index (χ0) is 13.2. The normalized spacial score (nSPS) is 17.3. The number of nitrogens with two attached hydrogens (primary N) is 1. The lowest BCUT2D eigenvalue weighted by atomic mass is 10.2. The van der Waals surface area contributed by atoms with Gasteiger partial charge in [0.05, 0.1) is 0 Å². The van der Waals surface area contributed by atoms with Crippen molar-refractivity contribution in [2.45, 2.75) is 6.92 Å². The van der Waals surface area contributed by atoms with Crippen molar-refractivity contribution >= 4 is 17.1 Å². The summed E-state index contributed by atoms with van der Waals surface area (Å²) in [5.41, 5.74) is 8.59. The molecule has 5 heteroatoms. The van der Waals surface area contributed by atoms with Gasteiger partial charge in [0, 0.05) is 39.3 Å². The van der Waals surface area contributed by atoms with Gasteiger partial charge in [-0.15, -0.1) is 0 Å². The Labute approximate surface area is 113 Å². The predicted octanol–water partition coefficient (Wildman–Crippen LogP) is 1.22. The second kappa shape index (κ2) is 5.19. The predicted molar refractivity (Wildman–Crippen MR) is 76.5 cm³/mol.